The maximum absolute atomic E-state index is 9.66. The molecular weight excluding hydrogens is 352 g/mol. The second kappa shape index (κ2) is 5.83. The van der Waals surface area contributed by atoms with Crippen LogP contribution in [0.25, 0.3) is 33.3 Å². The van der Waals surface area contributed by atoms with Crippen LogP contribution in [0.4, 0.5) is 0 Å². The van der Waals surface area contributed by atoms with Crippen LogP contribution in [0.2, 0.25) is 5.02 Å². The van der Waals surface area contributed by atoms with Gasteiger partial charge in [0.05, 0.1) is 11.2 Å². The molecule has 126 valence electrons. The minimum Gasteiger partial charge on any atom is -0.508 e. The number of nitrogens with two attached hydrogens (primary N) is 1. The molecule has 3 nitrogen and oxygen atoms in total. The molecule has 0 aliphatic heterocycles. The molecule has 0 unspecified atom stereocenters. The minimum atomic E-state index is 0.239. The van der Waals surface area contributed by atoms with E-state index in [1.165, 1.54) is 10.4 Å². The van der Waals surface area contributed by atoms with Crippen molar-refractivity contribution in [2.24, 2.45) is 0 Å². The Labute approximate surface area is 154 Å². The number of aromatic nitrogens is 1. The number of phenols is 1. The van der Waals surface area contributed by atoms with Crippen LogP contribution in [-0.4, -0.2) is 9.78 Å². The summed E-state index contributed by atoms with van der Waals surface area (Å²) in [4.78, 5) is 1.22. The van der Waals surface area contributed by atoms with Crippen molar-refractivity contribution in [3.05, 3.63) is 63.3 Å². The molecule has 0 aliphatic carbocycles. The number of rotatable bonds is 2. The molecule has 0 bridgehead atoms. The average Bonchev–Trinajstić information content (AvgIpc) is 3.05. The third-order valence-corrected chi connectivity index (χ3v) is 5.78. The Morgan fingerprint density at radius 3 is 2.40 bits per heavy atom. The van der Waals surface area contributed by atoms with Crippen LogP contribution >= 0.6 is 22.9 Å². The van der Waals surface area contributed by atoms with E-state index in [1.54, 1.807) is 28.1 Å². The van der Waals surface area contributed by atoms with Gasteiger partial charge in [-0.3, -0.25) is 4.68 Å². The Hall–Kier alpha value is -2.43. The number of nitrogens with zero attached hydrogens (tertiary/aromatic N) is 1. The molecular formula is C20H17ClN2OS. The lowest BCUT2D eigenvalue weighted by Gasteiger charge is -2.10. The Bertz CT molecular complexity index is 1070. The molecule has 4 rings (SSSR count). The molecule has 4 aromatic rings. The van der Waals surface area contributed by atoms with E-state index in [2.05, 4.69) is 19.2 Å². The number of hydrogen-bond acceptors (Lipinski definition) is 3. The first-order chi connectivity index (χ1) is 12.0. The van der Waals surface area contributed by atoms with Gasteiger partial charge in [0.2, 0.25) is 0 Å². The maximum Gasteiger partial charge on any atom is 0.115 e. The third-order valence-electron chi connectivity index (χ3n) is 4.52. The predicted molar refractivity (Wildman–Crippen MR) is 107 cm³/mol. The second-order valence-electron chi connectivity index (χ2n) is 6.15. The zero-order valence-electron chi connectivity index (χ0n) is 13.9. The Morgan fingerprint density at radius 2 is 1.76 bits per heavy atom. The predicted octanol–water partition coefficient (Wildman–Crippen LogP) is 5.73. The molecule has 0 atom stereocenters. The van der Waals surface area contributed by atoms with Gasteiger partial charge in [0.1, 0.15) is 5.75 Å². The zero-order valence-corrected chi connectivity index (χ0v) is 15.4. The van der Waals surface area contributed by atoms with Gasteiger partial charge >= 0.3 is 0 Å². The lowest BCUT2D eigenvalue weighted by Crippen LogP contribution is -2.10. The van der Waals surface area contributed by atoms with Crippen molar-refractivity contribution in [3.8, 4) is 28.1 Å². The van der Waals surface area contributed by atoms with E-state index in [9.17, 15) is 5.11 Å². The van der Waals surface area contributed by atoms with Crippen LogP contribution in [0.5, 0.6) is 5.75 Å². The summed E-state index contributed by atoms with van der Waals surface area (Å²) in [6, 6.07) is 12.9. The first-order valence-corrected chi connectivity index (χ1v) is 9.16. The summed E-state index contributed by atoms with van der Waals surface area (Å²) in [5.74, 6) is 6.75. The number of benzene rings is 2. The monoisotopic (exact) mass is 368 g/mol. The van der Waals surface area contributed by atoms with Crippen LogP contribution < -0.4 is 5.84 Å². The van der Waals surface area contributed by atoms with E-state index in [-0.39, 0.29) is 5.75 Å². The summed E-state index contributed by atoms with van der Waals surface area (Å²) >= 11 is 7.98. The van der Waals surface area contributed by atoms with Gasteiger partial charge in [-0.2, -0.15) is 0 Å². The topological polar surface area (TPSA) is 51.2 Å². The number of halogens is 1. The summed E-state index contributed by atoms with van der Waals surface area (Å²) in [7, 11) is 0. The SMILES string of the molecule is Cc1csc(C)c1-c1c(-c2ccc(O)cc2)c2cc(Cl)ccc2n1N. The number of phenolic OH excluding ortho intramolecular Hbond substituents is 1. The van der Waals surface area contributed by atoms with Crippen LogP contribution in [0.15, 0.2) is 47.8 Å². The van der Waals surface area contributed by atoms with Gasteiger partial charge in [0, 0.05) is 26.4 Å². The Morgan fingerprint density at radius 1 is 1.04 bits per heavy atom. The molecule has 2 aromatic heterocycles. The molecule has 0 radical (unpaired) electrons. The molecule has 2 aromatic carbocycles. The van der Waals surface area contributed by atoms with Crippen molar-refractivity contribution >= 4 is 33.8 Å². The standard InChI is InChI=1S/C20H17ClN2OS/c1-11-10-25-12(2)18(11)20-19(13-3-6-15(24)7-4-13)16-9-14(21)5-8-17(16)23(20)22/h3-10,24H,22H2,1-2H3. The third kappa shape index (κ3) is 2.49. The van der Waals surface area contributed by atoms with Gasteiger partial charge < -0.3 is 10.9 Å². The number of fused-ring (bicyclic) bond motifs is 1. The second-order valence-corrected chi connectivity index (χ2v) is 7.67. The van der Waals surface area contributed by atoms with Crippen LogP contribution in [0, 0.1) is 13.8 Å². The van der Waals surface area contributed by atoms with E-state index in [1.807, 2.05) is 30.3 Å². The minimum absolute atomic E-state index is 0.239. The summed E-state index contributed by atoms with van der Waals surface area (Å²) in [6.07, 6.45) is 0. The lowest BCUT2D eigenvalue weighted by atomic mass is 9.97. The molecule has 2 heterocycles. The molecule has 0 saturated heterocycles. The van der Waals surface area contributed by atoms with Crippen molar-refractivity contribution in [3.63, 3.8) is 0 Å². The van der Waals surface area contributed by atoms with E-state index in [0.29, 0.717) is 5.02 Å². The zero-order chi connectivity index (χ0) is 17.7. The molecule has 0 saturated carbocycles. The van der Waals surface area contributed by atoms with Gasteiger partial charge in [0.15, 0.2) is 0 Å². The summed E-state index contributed by atoms with van der Waals surface area (Å²) in [5.41, 5.74) is 6.27. The fourth-order valence-electron chi connectivity index (χ4n) is 3.38. The van der Waals surface area contributed by atoms with E-state index in [4.69, 9.17) is 17.4 Å². The first kappa shape index (κ1) is 16.1. The highest BCUT2D eigenvalue weighted by Gasteiger charge is 2.22. The highest BCUT2D eigenvalue weighted by atomic mass is 35.5. The number of aromatic hydroxyl groups is 1. The summed E-state index contributed by atoms with van der Waals surface area (Å²) in [5, 5.41) is 13.5. The quantitative estimate of drug-likeness (QED) is 0.444. The fraction of sp³-hybridized carbons (Fsp3) is 0.100. The van der Waals surface area contributed by atoms with Gasteiger partial charge in [-0.05, 0) is 60.7 Å². The Balaban J connectivity index is 2.16. The first-order valence-electron chi connectivity index (χ1n) is 7.91. The van der Waals surface area contributed by atoms with Crippen molar-refractivity contribution < 1.29 is 5.11 Å². The fourth-order valence-corrected chi connectivity index (χ4v) is 4.40. The molecule has 3 N–H and O–H groups in total. The molecule has 0 amide bonds. The van der Waals surface area contributed by atoms with Gasteiger partial charge in [-0.25, -0.2) is 0 Å². The highest BCUT2D eigenvalue weighted by molar-refractivity contribution is 7.10. The van der Waals surface area contributed by atoms with Crippen molar-refractivity contribution in [2.75, 3.05) is 5.84 Å². The smallest absolute Gasteiger partial charge is 0.115 e. The van der Waals surface area contributed by atoms with Crippen molar-refractivity contribution in [2.45, 2.75) is 13.8 Å². The van der Waals surface area contributed by atoms with Gasteiger partial charge in [0.25, 0.3) is 0 Å². The van der Waals surface area contributed by atoms with Crippen molar-refractivity contribution in [1.29, 1.82) is 0 Å². The molecule has 0 aliphatic rings. The molecule has 25 heavy (non-hydrogen) atoms. The van der Waals surface area contributed by atoms with E-state index >= 15 is 0 Å². The summed E-state index contributed by atoms with van der Waals surface area (Å²) in [6.45, 7) is 4.21. The molecule has 0 fully saturated rings. The molecule has 0 spiro atoms. The normalized spacial score (nSPS) is 11.3. The Kier molecular flexibility index (Phi) is 3.74. The molecule has 5 heteroatoms. The van der Waals surface area contributed by atoms with Crippen molar-refractivity contribution in [1.82, 2.24) is 4.68 Å². The number of hydrogen-bond donors (Lipinski definition) is 2. The lowest BCUT2D eigenvalue weighted by molar-refractivity contribution is 0.475. The van der Waals surface area contributed by atoms with Crippen LogP contribution in [-0.2, 0) is 0 Å². The van der Waals surface area contributed by atoms with Gasteiger partial charge in [-0.1, -0.05) is 23.7 Å². The van der Waals surface area contributed by atoms with Crippen LogP contribution in [0.1, 0.15) is 10.4 Å². The average molecular weight is 369 g/mol. The van der Waals surface area contributed by atoms with E-state index in [0.717, 1.165) is 33.3 Å². The summed E-state index contributed by atoms with van der Waals surface area (Å²) < 4.78 is 1.75. The highest BCUT2D eigenvalue weighted by Crippen LogP contribution is 2.44. The number of nitrogen functional groups attached to an aromatic ring is 1. The number of thiophene rings is 1. The largest absolute Gasteiger partial charge is 0.508 e. The van der Waals surface area contributed by atoms with Gasteiger partial charge in [-0.15, -0.1) is 11.3 Å². The van der Waals surface area contributed by atoms with E-state index < -0.39 is 0 Å². The number of aryl methyl sites for hydroxylation is 2. The maximum atomic E-state index is 9.66. The van der Waals surface area contributed by atoms with Crippen LogP contribution in [0.3, 0.4) is 0 Å².